The SMILES string of the molecule is CCc1cccc(C)c1NC(=O)c1ccc(SC)cc1. The molecule has 0 unspecified atom stereocenters. The molecule has 0 atom stereocenters. The van der Waals surface area contributed by atoms with E-state index in [0.717, 1.165) is 22.6 Å². The van der Waals surface area contributed by atoms with Crippen molar-refractivity contribution in [2.75, 3.05) is 11.6 Å². The molecule has 1 amide bonds. The minimum atomic E-state index is -0.0540. The van der Waals surface area contributed by atoms with Gasteiger partial charge in [0.2, 0.25) is 0 Å². The van der Waals surface area contributed by atoms with E-state index in [1.54, 1.807) is 11.8 Å². The fourth-order valence-corrected chi connectivity index (χ4v) is 2.54. The lowest BCUT2D eigenvalue weighted by molar-refractivity contribution is 0.102. The molecule has 0 saturated carbocycles. The van der Waals surface area contributed by atoms with Crippen molar-refractivity contribution in [1.82, 2.24) is 0 Å². The fourth-order valence-electron chi connectivity index (χ4n) is 2.13. The van der Waals surface area contributed by atoms with Crippen molar-refractivity contribution >= 4 is 23.4 Å². The Bertz CT molecular complexity index is 605. The lowest BCUT2D eigenvalue weighted by atomic mass is 10.1. The minimum Gasteiger partial charge on any atom is -0.321 e. The predicted molar refractivity (Wildman–Crippen MR) is 86.7 cm³/mol. The number of carbonyl (C=O) groups excluding carboxylic acids is 1. The highest BCUT2D eigenvalue weighted by molar-refractivity contribution is 7.98. The maximum Gasteiger partial charge on any atom is 0.255 e. The topological polar surface area (TPSA) is 29.1 Å². The Balaban J connectivity index is 2.23. The summed E-state index contributed by atoms with van der Waals surface area (Å²) >= 11 is 1.67. The van der Waals surface area contributed by atoms with Gasteiger partial charge in [-0.05, 0) is 55.0 Å². The van der Waals surface area contributed by atoms with Crippen LogP contribution >= 0.6 is 11.8 Å². The highest BCUT2D eigenvalue weighted by Gasteiger charge is 2.10. The molecule has 0 aliphatic rings. The quantitative estimate of drug-likeness (QED) is 0.836. The summed E-state index contributed by atoms with van der Waals surface area (Å²) in [5.74, 6) is -0.0540. The summed E-state index contributed by atoms with van der Waals surface area (Å²) in [5, 5.41) is 3.04. The molecule has 0 aliphatic carbocycles. The second-order valence-corrected chi connectivity index (χ2v) is 5.52. The van der Waals surface area contributed by atoms with Gasteiger partial charge in [-0.2, -0.15) is 0 Å². The van der Waals surface area contributed by atoms with E-state index in [2.05, 4.69) is 18.3 Å². The third-order valence-corrected chi connectivity index (χ3v) is 4.07. The van der Waals surface area contributed by atoms with Crippen LogP contribution in [0.2, 0.25) is 0 Å². The van der Waals surface area contributed by atoms with Crippen molar-refractivity contribution in [3.8, 4) is 0 Å². The van der Waals surface area contributed by atoms with E-state index >= 15 is 0 Å². The summed E-state index contributed by atoms with van der Waals surface area (Å²) in [5.41, 5.74) is 3.89. The highest BCUT2D eigenvalue weighted by Crippen LogP contribution is 2.22. The lowest BCUT2D eigenvalue weighted by Crippen LogP contribution is -2.14. The Hall–Kier alpha value is -1.74. The molecular formula is C17H19NOS. The van der Waals surface area contributed by atoms with Crippen LogP contribution in [0.4, 0.5) is 5.69 Å². The Morgan fingerprint density at radius 2 is 1.85 bits per heavy atom. The number of benzene rings is 2. The molecule has 20 heavy (non-hydrogen) atoms. The van der Waals surface area contributed by atoms with Gasteiger partial charge in [0.25, 0.3) is 5.91 Å². The summed E-state index contributed by atoms with van der Waals surface area (Å²) in [4.78, 5) is 13.5. The molecule has 0 radical (unpaired) electrons. The second-order valence-electron chi connectivity index (χ2n) is 4.65. The third-order valence-electron chi connectivity index (χ3n) is 3.33. The Morgan fingerprint density at radius 1 is 1.15 bits per heavy atom. The van der Waals surface area contributed by atoms with E-state index in [-0.39, 0.29) is 5.91 Å². The molecule has 0 heterocycles. The van der Waals surface area contributed by atoms with Crippen LogP contribution < -0.4 is 5.32 Å². The van der Waals surface area contributed by atoms with Gasteiger partial charge in [0, 0.05) is 16.1 Å². The lowest BCUT2D eigenvalue weighted by Gasteiger charge is -2.13. The van der Waals surface area contributed by atoms with Gasteiger partial charge in [-0.3, -0.25) is 4.79 Å². The molecule has 0 spiro atoms. The third kappa shape index (κ3) is 3.23. The Morgan fingerprint density at radius 3 is 2.45 bits per heavy atom. The summed E-state index contributed by atoms with van der Waals surface area (Å²) in [6, 6.07) is 13.8. The van der Waals surface area contributed by atoms with Crippen LogP contribution in [0.3, 0.4) is 0 Å². The van der Waals surface area contributed by atoms with E-state index in [4.69, 9.17) is 0 Å². The molecule has 3 heteroatoms. The van der Waals surface area contributed by atoms with Crippen molar-refractivity contribution in [1.29, 1.82) is 0 Å². The van der Waals surface area contributed by atoms with Crippen LogP contribution in [0.5, 0.6) is 0 Å². The zero-order valence-electron chi connectivity index (χ0n) is 12.1. The fraction of sp³-hybridized carbons (Fsp3) is 0.235. The number of amides is 1. The predicted octanol–water partition coefficient (Wildman–Crippen LogP) is 4.53. The number of hydrogen-bond acceptors (Lipinski definition) is 2. The molecule has 104 valence electrons. The van der Waals surface area contributed by atoms with E-state index in [1.165, 1.54) is 5.56 Å². The van der Waals surface area contributed by atoms with Crippen molar-refractivity contribution in [3.05, 3.63) is 59.2 Å². The molecular weight excluding hydrogens is 266 g/mol. The van der Waals surface area contributed by atoms with Gasteiger partial charge >= 0.3 is 0 Å². The number of para-hydroxylation sites is 1. The van der Waals surface area contributed by atoms with Gasteiger partial charge in [-0.1, -0.05) is 25.1 Å². The van der Waals surface area contributed by atoms with E-state index in [9.17, 15) is 4.79 Å². The molecule has 2 aromatic rings. The summed E-state index contributed by atoms with van der Waals surface area (Å²) in [6.45, 7) is 4.11. The Labute approximate surface area is 124 Å². The molecule has 0 aromatic heterocycles. The van der Waals surface area contributed by atoms with Crippen LogP contribution in [-0.4, -0.2) is 12.2 Å². The summed E-state index contributed by atoms with van der Waals surface area (Å²) in [7, 11) is 0. The number of carbonyl (C=O) groups is 1. The molecule has 0 bridgehead atoms. The van der Waals surface area contributed by atoms with Gasteiger partial charge in [0.15, 0.2) is 0 Å². The average molecular weight is 285 g/mol. The minimum absolute atomic E-state index is 0.0540. The van der Waals surface area contributed by atoms with Crippen LogP contribution in [0, 0.1) is 6.92 Å². The van der Waals surface area contributed by atoms with Crippen molar-refractivity contribution < 1.29 is 4.79 Å². The zero-order chi connectivity index (χ0) is 14.5. The molecule has 0 aliphatic heterocycles. The maximum atomic E-state index is 12.3. The number of aryl methyl sites for hydroxylation is 2. The maximum absolute atomic E-state index is 12.3. The number of thioether (sulfide) groups is 1. The normalized spacial score (nSPS) is 10.3. The molecule has 0 fully saturated rings. The standard InChI is InChI=1S/C17H19NOS/c1-4-13-7-5-6-12(2)16(13)18-17(19)14-8-10-15(20-3)11-9-14/h5-11H,4H2,1-3H3,(H,18,19). The first-order valence-electron chi connectivity index (χ1n) is 6.69. The van der Waals surface area contributed by atoms with Crippen molar-refractivity contribution in [2.45, 2.75) is 25.2 Å². The van der Waals surface area contributed by atoms with Crippen molar-refractivity contribution in [3.63, 3.8) is 0 Å². The largest absolute Gasteiger partial charge is 0.321 e. The van der Waals surface area contributed by atoms with Crippen molar-refractivity contribution in [2.24, 2.45) is 0 Å². The first kappa shape index (κ1) is 14.7. The van der Waals surface area contributed by atoms with Crippen LogP contribution in [0.25, 0.3) is 0 Å². The highest BCUT2D eigenvalue weighted by atomic mass is 32.2. The zero-order valence-corrected chi connectivity index (χ0v) is 12.9. The molecule has 1 N–H and O–H groups in total. The van der Waals surface area contributed by atoms with Gasteiger partial charge in [0.1, 0.15) is 0 Å². The molecule has 2 rings (SSSR count). The first-order valence-corrected chi connectivity index (χ1v) is 7.92. The van der Waals surface area contributed by atoms with Gasteiger partial charge in [0.05, 0.1) is 0 Å². The summed E-state index contributed by atoms with van der Waals surface area (Å²) < 4.78 is 0. The molecule has 2 aromatic carbocycles. The van der Waals surface area contributed by atoms with Crippen LogP contribution in [0.1, 0.15) is 28.4 Å². The molecule has 0 saturated heterocycles. The number of anilines is 1. The van der Waals surface area contributed by atoms with Crippen LogP contribution in [0.15, 0.2) is 47.4 Å². The van der Waals surface area contributed by atoms with Crippen LogP contribution in [-0.2, 0) is 6.42 Å². The number of nitrogens with one attached hydrogen (secondary N) is 1. The van der Waals surface area contributed by atoms with E-state index in [1.807, 2.05) is 49.6 Å². The van der Waals surface area contributed by atoms with Gasteiger partial charge < -0.3 is 5.32 Å². The van der Waals surface area contributed by atoms with Gasteiger partial charge in [-0.25, -0.2) is 0 Å². The smallest absolute Gasteiger partial charge is 0.255 e. The average Bonchev–Trinajstić information content (AvgIpc) is 2.49. The first-order chi connectivity index (χ1) is 9.65. The van der Waals surface area contributed by atoms with E-state index in [0.29, 0.717) is 5.56 Å². The number of rotatable bonds is 4. The number of hydrogen-bond donors (Lipinski definition) is 1. The van der Waals surface area contributed by atoms with Gasteiger partial charge in [-0.15, -0.1) is 11.8 Å². The molecule has 2 nitrogen and oxygen atoms in total. The second kappa shape index (κ2) is 6.62. The Kier molecular flexibility index (Phi) is 4.85. The van der Waals surface area contributed by atoms with E-state index < -0.39 is 0 Å². The monoisotopic (exact) mass is 285 g/mol. The summed E-state index contributed by atoms with van der Waals surface area (Å²) in [6.07, 6.45) is 2.93.